The number of carbonyl (C=O) groups excluding carboxylic acids is 1. The van der Waals surface area contributed by atoms with Gasteiger partial charge in [0.2, 0.25) is 0 Å². The van der Waals surface area contributed by atoms with Gasteiger partial charge in [-0.3, -0.25) is 4.79 Å². The number of aromatic nitrogens is 1. The number of amides is 1. The van der Waals surface area contributed by atoms with E-state index in [1.54, 1.807) is 18.3 Å². The highest BCUT2D eigenvalue weighted by molar-refractivity contribution is 6.31. The summed E-state index contributed by atoms with van der Waals surface area (Å²) in [6.45, 7) is 4.68. The molecule has 0 radical (unpaired) electrons. The second kappa shape index (κ2) is 7.64. The maximum atomic E-state index is 12.8. The Kier molecular flexibility index (Phi) is 5.33. The van der Waals surface area contributed by atoms with Crippen LogP contribution in [0.5, 0.6) is 0 Å². The van der Waals surface area contributed by atoms with E-state index in [2.05, 4.69) is 15.2 Å². The predicted molar refractivity (Wildman–Crippen MR) is 94.6 cm³/mol. The van der Waals surface area contributed by atoms with E-state index in [9.17, 15) is 4.79 Å². The van der Waals surface area contributed by atoms with Crippen LogP contribution in [0.1, 0.15) is 28.9 Å². The van der Waals surface area contributed by atoms with Crippen molar-refractivity contribution < 1.29 is 9.53 Å². The average Bonchev–Trinajstić information content (AvgIpc) is 2.62. The van der Waals surface area contributed by atoms with Gasteiger partial charge in [0.1, 0.15) is 5.82 Å². The molecule has 5 nitrogen and oxygen atoms in total. The molecule has 1 aromatic heterocycles. The van der Waals surface area contributed by atoms with Crippen molar-refractivity contribution in [1.82, 2.24) is 10.3 Å². The first-order chi connectivity index (χ1) is 11.7. The number of carbonyl (C=O) groups is 1. The molecule has 1 atom stereocenters. The van der Waals surface area contributed by atoms with Gasteiger partial charge in [0, 0.05) is 24.3 Å². The Bertz CT molecular complexity index is 717. The van der Waals surface area contributed by atoms with E-state index in [-0.39, 0.29) is 11.9 Å². The monoisotopic (exact) mass is 345 g/mol. The van der Waals surface area contributed by atoms with Crippen molar-refractivity contribution in [1.29, 1.82) is 0 Å². The highest BCUT2D eigenvalue weighted by Crippen LogP contribution is 2.24. The van der Waals surface area contributed by atoms with Gasteiger partial charge in [-0.25, -0.2) is 4.98 Å². The Hall–Kier alpha value is -2.11. The normalized spacial score (nSPS) is 15.8. The number of hydrogen-bond acceptors (Lipinski definition) is 4. The summed E-state index contributed by atoms with van der Waals surface area (Å²) in [4.78, 5) is 19.2. The molecule has 1 unspecified atom stereocenters. The number of rotatable bonds is 4. The van der Waals surface area contributed by atoms with Gasteiger partial charge in [0.25, 0.3) is 5.91 Å². The first kappa shape index (κ1) is 16.7. The van der Waals surface area contributed by atoms with Gasteiger partial charge in [-0.2, -0.15) is 0 Å². The number of benzene rings is 1. The fourth-order valence-corrected chi connectivity index (χ4v) is 3.08. The zero-order valence-electron chi connectivity index (χ0n) is 13.5. The molecule has 1 aliphatic rings. The standard InChI is InChI=1S/C18H20ClN3O2/c1-13(14-5-2-3-7-16(14)19)21-18(23)15-6-4-8-20-17(15)22-9-11-24-12-10-22/h2-8,13H,9-12H2,1H3,(H,21,23). The van der Waals surface area contributed by atoms with Crippen LogP contribution in [0.25, 0.3) is 0 Å². The van der Waals surface area contributed by atoms with Crippen LogP contribution in [0.2, 0.25) is 5.02 Å². The second-order valence-electron chi connectivity index (χ2n) is 5.69. The van der Waals surface area contributed by atoms with Crippen LogP contribution in [0.4, 0.5) is 5.82 Å². The molecular formula is C18H20ClN3O2. The third-order valence-electron chi connectivity index (χ3n) is 4.06. The molecule has 3 rings (SSSR count). The van der Waals surface area contributed by atoms with Gasteiger partial charge in [0.15, 0.2) is 0 Å². The molecule has 1 aromatic carbocycles. The molecular weight excluding hydrogens is 326 g/mol. The highest BCUT2D eigenvalue weighted by atomic mass is 35.5. The number of ether oxygens (including phenoxy) is 1. The van der Waals surface area contributed by atoms with E-state index in [0.29, 0.717) is 29.6 Å². The molecule has 6 heteroatoms. The largest absolute Gasteiger partial charge is 0.378 e. The SMILES string of the molecule is CC(NC(=O)c1cccnc1N1CCOCC1)c1ccccc1Cl. The predicted octanol–water partition coefficient (Wildman–Crippen LogP) is 3.06. The van der Waals surface area contributed by atoms with E-state index in [1.165, 1.54) is 0 Å². The van der Waals surface area contributed by atoms with Crippen LogP contribution in [-0.4, -0.2) is 37.2 Å². The molecule has 2 aromatic rings. The maximum absolute atomic E-state index is 12.8. The minimum Gasteiger partial charge on any atom is -0.378 e. The number of halogens is 1. The Morgan fingerprint density at radius 1 is 1.25 bits per heavy atom. The Labute approximate surface area is 146 Å². The number of nitrogens with zero attached hydrogens (tertiary/aromatic N) is 2. The third-order valence-corrected chi connectivity index (χ3v) is 4.41. The fourth-order valence-electron chi connectivity index (χ4n) is 2.78. The number of pyridine rings is 1. The number of anilines is 1. The van der Waals surface area contributed by atoms with Crippen molar-refractivity contribution in [3.63, 3.8) is 0 Å². The smallest absolute Gasteiger partial charge is 0.255 e. The molecule has 0 aliphatic carbocycles. The maximum Gasteiger partial charge on any atom is 0.255 e. The lowest BCUT2D eigenvalue weighted by Gasteiger charge is -2.29. The third kappa shape index (κ3) is 3.68. The lowest BCUT2D eigenvalue weighted by atomic mass is 10.1. The molecule has 1 amide bonds. The summed E-state index contributed by atoms with van der Waals surface area (Å²) in [5.74, 6) is 0.543. The number of nitrogens with one attached hydrogen (secondary N) is 1. The summed E-state index contributed by atoms with van der Waals surface area (Å²) in [5.41, 5.74) is 1.46. The van der Waals surface area contributed by atoms with Gasteiger partial charge in [-0.1, -0.05) is 29.8 Å². The summed E-state index contributed by atoms with van der Waals surface area (Å²) in [6, 6.07) is 10.9. The molecule has 0 saturated carbocycles. The van der Waals surface area contributed by atoms with Gasteiger partial charge in [0.05, 0.1) is 24.8 Å². The molecule has 1 aliphatic heterocycles. The van der Waals surface area contributed by atoms with Crippen LogP contribution in [-0.2, 0) is 4.74 Å². The van der Waals surface area contributed by atoms with Crippen molar-refractivity contribution in [2.75, 3.05) is 31.2 Å². The summed E-state index contributed by atoms with van der Waals surface area (Å²) >= 11 is 6.22. The molecule has 126 valence electrons. The lowest BCUT2D eigenvalue weighted by molar-refractivity contribution is 0.0938. The van der Waals surface area contributed by atoms with E-state index in [4.69, 9.17) is 16.3 Å². The van der Waals surface area contributed by atoms with Crippen LogP contribution in [0.3, 0.4) is 0 Å². The molecule has 1 N–H and O–H groups in total. The van der Waals surface area contributed by atoms with E-state index >= 15 is 0 Å². The van der Waals surface area contributed by atoms with Crippen molar-refractivity contribution in [2.24, 2.45) is 0 Å². The first-order valence-electron chi connectivity index (χ1n) is 8.00. The minimum absolute atomic E-state index is 0.156. The molecule has 24 heavy (non-hydrogen) atoms. The van der Waals surface area contributed by atoms with Crippen LogP contribution in [0.15, 0.2) is 42.6 Å². The quantitative estimate of drug-likeness (QED) is 0.925. The second-order valence-corrected chi connectivity index (χ2v) is 6.10. The van der Waals surface area contributed by atoms with Crippen molar-refractivity contribution in [3.05, 3.63) is 58.7 Å². The Morgan fingerprint density at radius 2 is 2.00 bits per heavy atom. The summed E-state index contributed by atoms with van der Waals surface area (Å²) in [5, 5.41) is 3.65. The molecule has 1 fully saturated rings. The van der Waals surface area contributed by atoms with Gasteiger partial charge < -0.3 is 15.0 Å². The summed E-state index contributed by atoms with van der Waals surface area (Å²) < 4.78 is 5.37. The Morgan fingerprint density at radius 3 is 2.75 bits per heavy atom. The van der Waals surface area contributed by atoms with E-state index < -0.39 is 0 Å². The van der Waals surface area contributed by atoms with E-state index in [0.717, 1.165) is 18.7 Å². The van der Waals surface area contributed by atoms with Gasteiger partial charge in [-0.05, 0) is 30.7 Å². The van der Waals surface area contributed by atoms with Gasteiger partial charge in [-0.15, -0.1) is 0 Å². The van der Waals surface area contributed by atoms with Crippen molar-refractivity contribution in [3.8, 4) is 0 Å². The van der Waals surface area contributed by atoms with Crippen LogP contribution in [0, 0.1) is 0 Å². The highest BCUT2D eigenvalue weighted by Gasteiger charge is 2.21. The van der Waals surface area contributed by atoms with E-state index in [1.807, 2.05) is 31.2 Å². The molecule has 0 spiro atoms. The first-order valence-corrected chi connectivity index (χ1v) is 8.37. The van der Waals surface area contributed by atoms with Crippen molar-refractivity contribution >= 4 is 23.3 Å². The molecule has 2 heterocycles. The van der Waals surface area contributed by atoms with Crippen molar-refractivity contribution in [2.45, 2.75) is 13.0 Å². The Balaban J connectivity index is 1.79. The fraction of sp³-hybridized carbons (Fsp3) is 0.333. The molecule has 0 bridgehead atoms. The summed E-state index contributed by atoms with van der Waals surface area (Å²) in [6.07, 6.45) is 1.71. The lowest BCUT2D eigenvalue weighted by Crippen LogP contribution is -2.38. The van der Waals surface area contributed by atoms with Crippen LogP contribution >= 0.6 is 11.6 Å². The van der Waals surface area contributed by atoms with Crippen LogP contribution < -0.4 is 10.2 Å². The minimum atomic E-state index is -0.191. The zero-order chi connectivity index (χ0) is 16.9. The topological polar surface area (TPSA) is 54.5 Å². The zero-order valence-corrected chi connectivity index (χ0v) is 14.3. The van der Waals surface area contributed by atoms with Gasteiger partial charge >= 0.3 is 0 Å². The average molecular weight is 346 g/mol. The number of morpholine rings is 1. The summed E-state index contributed by atoms with van der Waals surface area (Å²) in [7, 11) is 0. The molecule has 1 saturated heterocycles. The number of hydrogen-bond donors (Lipinski definition) is 1.